The van der Waals surface area contributed by atoms with Gasteiger partial charge in [0.2, 0.25) is 0 Å². The van der Waals surface area contributed by atoms with Gasteiger partial charge in [-0.15, -0.1) is 0 Å². The number of anilines is 1. The van der Waals surface area contributed by atoms with Crippen molar-refractivity contribution >= 4 is 23.5 Å². The normalized spacial score (nSPS) is 21.8. The first-order valence-electron chi connectivity index (χ1n) is 9.37. The van der Waals surface area contributed by atoms with Crippen molar-refractivity contribution < 1.29 is 9.53 Å². The highest BCUT2D eigenvalue weighted by atomic mass is 32.2. The lowest BCUT2D eigenvalue weighted by Gasteiger charge is -2.32. The molecule has 0 spiro atoms. The Kier molecular flexibility index (Phi) is 6.87. The summed E-state index contributed by atoms with van der Waals surface area (Å²) in [4.78, 5) is 17.5. The van der Waals surface area contributed by atoms with Gasteiger partial charge in [-0.2, -0.15) is 11.8 Å². The zero-order chi connectivity index (χ0) is 17.5. The molecule has 0 aromatic heterocycles. The average molecular weight is 364 g/mol. The minimum absolute atomic E-state index is 0.00106. The number of urea groups is 1. The van der Waals surface area contributed by atoms with Crippen molar-refractivity contribution in [1.29, 1.82) is 0 Å². The zero-order valence-corrected chi connectivity index (χ0v) is 15.9. The molecule has 2 heterocycles. The van der Waals surface area contributed by atoms with E-state index in [0.717, 1.165) is 42.5 Å². The summed E-state index contributed by atoms with van der Waals surface area (Å²) >= 11 is 1.97. The molecule has 1 atom stereocenters. The van der Waals surface area contributed by atoms with Gasteiger partial charge >= 0.3 is 6.03 Å². The van der Waals surface area contributed by atoms with Crippen LogP contribution in [0.5, 0.6) is 5.75 Å². The van der Waals surface area contributed by atoms with Crippen LogP contribution in [0.1, 0.15) is 26.2 Å². The summed E-state index contributed by atoms with van der Waals surface area (Å²) in [7, 11) is 0. The highest BCUT2D eigenvalue weighted by Gasteiger charge is 2.28. The Balaban J connectivity index is 1.68. The monoisotopic (exact) mass is 363 g/mol. The number of benzene rings is 1. The van der Waals surface area contributed by atoms with Crippen LogP contribution in [-0.2, 0) is 0 Å². The molecule has 138 valence electrons. The third kappa shape index (κ3) is 5.05. The fourth-order valence-corrected chi connectivity index (χ4v) is 4.61. The summed E-state index contributed by atoms with van der Waals surface area (Å²) in [5.74, 6) is 2.89. The van der Waals surface area contributed by atoms with E-state index in [2.05, 4.69) is 10.2 Å². The van der Waals surface area contributed by atoms with E-state index in [0.29, 0.717) is 6.61 Å². The molecule has 25 heavy (non-hydrogen) atoms. The predicted octanol–water partition coefficient (Wildman–Crippen LogP) is 3.52. The molecule has 0 radical (unpaired) electrons. The molecule has 5 nitrogen and oxygen atoms in total. The van der Waals surface area contributed by atoms with Crippen molar-refractivity contribution in [3.63, 3.8) is 0 Å². The molecule has 2 amide bonds. The molecule has 2 aliphatic heterocycles. The zero-order valence-electron chi connectivity index (χ0n) is 15.1. The quantitative estimate of drug-likeness (QED) is 0.869. The van der Waals surface area contributed by atoms with Gasteiger partial charge in [-0.05, 0) is 57.2 Å². The molecule has 2 fully saturated rings. The van der Waals surface area contributed by atoms with Gasteiger partial charge < -0.3 is 19.9 Å². The lowest BCUT2D eigenvalue weighted by Crippen LogP contribution is -2.49. The molecule has 6 heteroatoms. The Labute approximate surface area is 155 Å². The lowest BCUT2D eigenvalue weighted by atomic mass is 10.2. The SMILES string of the molecule is CCOc1ccccc1NC(=O)N1CCCSCC1CN1CCCC1. The third-order valence-electron chi connectivity index (χ3n) is 4.80. The van der Waals surface area contributed by atoms with Crippen molar-refractivity contribution in [2.24, 2.45) is 0 Å². The van der Waals surface area contributed by atoms with E-state index in [1.54, 1.807) is 0 Å². The first kappa shape index (κ1) is 18.4. The van der Waals surface area contributed by atoms with Crippen LogP contribution in [-0.4, -0.2) is 66.2 Å². The highest BCUT2D eigenvalue weighted by Crippen LogP contribution is 2.25. The summed E-state index contributed by atoms with van der Waals surface area (Å²) < 4.78 is 5.64. The summed E-state index contributed by atoms with van der Waals surface area (Å²) in [6.45, 7) is 6.71. The summed E-state index contributed by atoms with van der Waals surface area (Å²) in [5.41, 5.74) is 0.756. The predicted molar refractivity (Wildman–Crippen MR) is 105 cm³/mol. The number of amides is 2. The number of para-hydroxylation sites is 2. The second-order valence-electron chi connectivity index (χ2n) is 6.64. The largest absolute Gasteiger partial charge is 0.492 e. The van der Waals surface area contributed by atoms with Crippen LogP contribution in [0.3, 0.4) is 0 Å². The fourth-order valence-electron chi connectivity index (χ4n) is 3.55. The Morgan fingerprint density at radius 3 is 2.84 bits per heavy atom. The molecule has 0 bridgehead atoms. The van der Waals surface area contributed by atoms with E-state index in [4.69, 9.17) is 4.74 Å². The summed E-state index contributed by atoms with van der Waals surface area (Å²) in [6, 6.07) is 7.95. The lowest BCUT2D eigenvalue weighted by molar-refractivity contribution is 0.173. The highest BCUT2D eigenvalue weighted by molar-refractivity contribution is 7.99. The van der Waals surface area contributed by atoms with Crippen LogP contribution in [0.4, 0.5) is 10.5 Å². The number of hydrogen-bond donors (Lipinski definition) is 1. The number of nitrogens with one attached hydrogen (secondary N) is 1. The van der Waals surface area contributed by atoms with Gasteiger partial charge in [-0.1, -0.05) is 12.1 Å². The van der Waals surface area contributed by atoms with Crippen LogP contribution >= 0.6 is 11.8 Å². The topological polar surface area (TPSA) is 44.8 Å². The van der Waals surface area contributed by atoms with Crippen LogP contribution in [0, 0.1) is 0 Å². The molecule has 1 aromatic rings. The Hall–Kier alpha value is -1.40. The Bertz CT molecular complexity index is 563. The number of rotatable bonds is 5. The molecule has 1 unspecified atom stereocenters. The second-order valence-corrected chi connectivity index (χ2v) is 7.79. The van der Waals surface area contributed by atoms with Crippen LogP contribution in [0.15, 0.2) is 24.3 Å². The van der Waals surface area contributed by atoms with Crippen molar-refractivity contribution in [1.82, 2.24) is 9.80 Å². The number of hydrogen-bond acceptors (Lipinski definition) is 4. The minimum Gasteiger partial charge on any atom is -0.492 e. The van der Waals surface area contributed by atoms with E-state index in [-0.39, 0.29) is 12.1 Å². The number of thioether (sulfide) groups is 1. The molecule has 1 aromatic carbocycles. The van der Waals surface area contributed by atoms with Gasteiger partial charge in [0.05, 0.1) is 18.3 Å². The summed E-state index contributed by atoms with van der Waals surface area (Å²) in [5, 5.41) is 3.08. The van der Waals surface area contributed by atoms with E-state index in [1.807, 2.05) is 47.9 Å². The number of carbonyl (C=O) groups is 1. The minimum atomic E-state index is -0.00106. The van der Waals surface area contributed by atoms with Crippen molar-refractivity contribution in [2.45, 2.75) is 32.2 Å². The number of nitrogens with zero attached hydrogens (tertiary/aromatic N) is 2. The second kappa shape index (κ2) is 9.34. The molecule has 0 saturated carbocycles. The van der Waals surface area contributed by atoms with E-state index < -0.39 is 0 Å². The fraction of sp³-hybridized carbons (Fsp3) is 0.632. The van der Waals surface area contributed by atoms with Gasteiger partial charge in [-0.3, -0.25) is 0 Å². The maximum atomic E-state index is 13.0. The van der Waals surface area contributed by atoms with Crippen molar-refractivity contribution in [2.75, 3.05) is 49.6 Å². The summed E-state index contributed by atoms with van der Waals surface area (Å²) in [6.07, 6.45) is 3.63. The molecule has 0 aliphatic carbocycles. The van der Waals surface area contributed by atoms with Crippen molar-refractivity contribution in [3.05, 3.63) is 24.3 Å². The Morgan fingerprint density at radius 2 is 2.04 bits per heavy atom. The standard InChI is InChI=1S/C19H29N3O2S/c1-2-24-18-9-4-3-8-17(18)20-19(23)22-12-7-13-25-15-16(22)14-21-10-5-6-11-21/h3-4,8-9,16H,2,5-7,10-15H2,1H3,(H,20,23). The van der Waals surface area contributed by atoms with Crippen LogP contribution in [0.25, 0.3) is 0 Å². The van der Waals surface area contributed by atoms with Crippen LogP contribution in [0.2, 0.25) is 0 Å². The van der Waals surface area contributed by atoms with Gasteiger partial charge in [0.1, 0.15) is 5.75 Å². The van der Waals surface area contributed by atoms with Crippen molar-refractivity contribution in [3.8, 4) is 5.75 Å². The Morgan fingerprint density at radius 1 is 1.24 bits per heavy atom. The maximum absolute atomic E-state index is 13.0. The van der Waals surface area contributed by atoms with E-state index >= 15 is 0 Å². The van der Waals surface area contributed by atoms with Crippen LogP contribution < -0.4 is 10.1 Å². The first-order chi connectivity index (χ1) is 12.3. The average Bonchev–Trinajstić information content (AvgIpc) is 3.01. The number of ether oxygens (including phenoxy) is 1. The first-order valence-corrected chi connectivity index (χ1v) is 10.5. The molecule has 2 saturated heterocycles. The smallest absolute Gasteiger partial charge is 0.322 e. The maximum Gasteiger partial charge on any atom is 0.322 e. The van der Waals surface area contributed by atoms with E-state index in [1.165, 1.54) is 25.9 Å². The molecular formula is C19H29N3O2S. The molecular weight excluding hydrogens is 334 g/mol. The third-order valence-corrected chi connectivity index (χ3v) is 5.99. The molecule has 1 N–H and O–H groups in total. The van der Waals surface area contributed by atoms with Gasteiger partial charge in [0, 0.05) is 18.8 Å². The number of likely N-dealkylation sites (tertiary alicyclic amines) is 1. The number of carbonyl (C=O) groups excluding carboxylic acids is 1. The van der Waals surface area contributed by atoms with Gasteiger partial charge in [-0.25, -0.2) is 4.79 Å². The van der Waals surface area contributed by atoms with Gasteiger partial charge in [0.15, 0.2) is 0 Å². The molecule has 2 aliphatic rings. The van der Waals surface area contributed by atoms with Gasteiger partial charge in [0.25, 0.3) is 0 Å². The molecule has 3 rings (SSSR count). The van der Waals surface area contributed by atoms with E-state index in [9.17, 15) is 4.79 Å².